The van der Waals surface area contributed by atoms with E-state index in [9.17, 15) is 9.59 Å². The molecule has 1 aliphatic rings. The number of urea groups is 1. The highest BCUT2D eigenvalue weighted by atomic mass is 32.2. The van der Waals surface area contributed by atoms with Crippen LogP contribution in [0.2, 0.25) is 0 Å². The summed E-state index contributed by atoms with van der Waals surface area (Å²) in [6, 6.07) is -0.609. The van der Waals surface area contributed by atoms with Crippen molar-refractivity contribution in [3.8, 4) is 0 Å². The number of imide groups is 1. The van der Waals surface area contributed by atoms with Gasteiger partial charge < -0.3 is 5.32 Å². The first kappa shape index (κ1) is 12.4. The number of rotatable bonds is 5. The standard InChI is InChI=1S/C10H18N2O2S/c1-4-15-6-5-8-9(13)12(7(2)3)10(14)11-8/h7-8H,4-6H2,1-3H3,(H,11,14)/t8-/m0/s1. The van der Waals surface area contributed by atoms with E-state index in [0.29, 0.717) is 0 Å². The maximum Gasteiger partial charge on any atom is 0.325 e. The molecule has 0 aromatic rings. The molecule has 4 nitrogen and oxygen atoms in total. The molecule has 0 aliphatic carbocycles. The number of nitrogens with one attached hydrogen (secondary N) is 1. The van der Waals surface area contributed by atoms with Gasteiger partial charge in [-0.05, 0) is 31.8 Å². The first-order valence-electron chi connectivity index (χ1n) is 5.29. The predicted octanol–water partition coefficient (Wildman–Crippen LogP) is 1.46. The van der Waals surface area contributed by atoms with Gasteiger partial charge in [0.1, 0.15) is 6.04 Å². The first-order chi connectivity index (χ1) is 7.07. The van der Waals surface area contributed by atoms with E-state index < -0.39 is 0 Å². The van der Waals surface area contributed by atoms with Crippen LogP contribution in [0, 0.1) is 0 Å². The summed E-state index contributed by atoms with van der Waals surface area (Å²) in [4.78, 5) is 24.5. The normalized spacial score (nSPS) is 21.3. The van der Waals surface area contributed by atoms with Crippen LogP contribution in [0.4, 0.5) is 4.79 Å². The minimum Gasteiger partial charge on any atom is -0.326 e. The van der Waals surface area contributed by atoms with Gasteiger partial charge in [0.2, 0.25) is 0 Å². The number of hydrogen-bond donors (Lipinski definition) is 1. The smallest absolute Gasteiger partial charge is 0.325 e. The summed E-state index contributed by atoms with van der Waals surface area (Å²) >= 11 is 1.79. The molecule has 1 heterocycles. The molecule has 1 atom stereocenters. The van der Waals surface area contributed by atoms with E-state index in [-0.39, 0.29) is 24.0 Å². The maximum atomic E-state index is 11.8. The van der Waals surface area contributed by atoms with Crippen LogP contribution in [0.3, 0.4) is 0 Å². The van der Waals surface area contributed by atoms with Crippen molar-refractivity contribution in [3.05, 3.63) is 0 Å². The number of amides is 3. The van der Waals surface area contributed by atoms with Gasteiger partial charge in [-0.2, -0.15) is 11.8 Å². The maximum absolute atomic E-state index is 11.8. The van der Waals surface area contributed by atoms with Crippen molar-refractivity contribution >= 4 is 23.7 Å². The third-order valence-electron chi connectivity index (χ3n) is 2.32. The Morgan fingerprint density at radius 2 is 2.13 bits per heavy atom. The van der Waals surface area contributed by atoms with Gasteiger partial charge in [-0.15, -0.1) is 0 Å². The zero-order valence-corrected chi connectivity index (χ0v) is 10.3. The van der Waals surface area contributed by atoms with Crippen LogP contribution < -0.4 is 5.32 Å². The molecule has 1 saturated heterocycles. The summed E-state index contributed by atoms with van der Waals surface area (Å²) in [6.45, 7) is 5.78. The number of thioether (sulfide) groups is 1. The molecule has 1 aliphatic heterocycles. The molecule has 3 amide bonds. The van der Waals surface area contributed by atoms with E-state index in [0.717, 1.165) is 17.9 Å². The lowest BCUT2D eigenvalue weighted by Crippen LogP contribution is -2.37. The second-order valence-electron chi connectivity index (χ2n) is 3.79. The van der Waals surface area contributed by atoms with Gasteiger partial charge in [0.25, 0.3) is 5.91 Å². The van der Waals surface area contributed by atoms with Gasteiger partial charge in [-0.1, -0.05) is 6.92 Å². The number of nitrogens with zero attached hydrogens (tertiary/aromatic N) is 1. The van der Waals surface area contributed by atoms with E-state index in [1.54, 1.807) is 11.8 Å². The van der Waals surface area contributed by atoms with Crippen molar-refractivity contribution in [2.24, 2.45) is 0 Å². The number of hydrogen-bond acceptors (Lipinski definition) is 3. The van der Waals surface area contributed by atoms with Crippen molar-refractivity contribution in [1.82, 2.24) is 10.2 Å². The molecule has 5 heteroatoms. The highest BCUT2D eigenvalue weighted by Gasteiger charge is 2.38. The lowest BCUT2D eigenvalue weighted by Gasteiger charge is -2.16. The van der Waals surface area contributed by atoms with Crippen LogP contribution >= 0.6 is 11.8 Å². The SMILES string of the molecule is CCSCC[C@@H]1NC(=O)N(C(C)C)C1=O. The Kier molecular flexibility index (Phi) is 4.45. The van der Waals surface area contributed by atoms with Crippen LogP contribution in [-0.2, 0) is 4.79 Å². The monoisotopic (exact) mass is 230 g/mol. The van der Waals surface area contributed by atoms with Crippen molar-refractivity contribution in [2.75, 3.05) is 11.5 Å². The second kappa shape index (κ2) is 5.39. The van der Waals surface area contributed by atoms with E-state index in [1.807, 2.05) is 13.8 Å². The molecule has 0 unspecified atom stereocenters. The van der Waals surface area contributed by atoms with Crippen molar-refractivity contribution in [2.45, 2.75) is 39.3 Å². The minimum absolute atomic E-state index is 0.0543. The highest BCUT2D eigenvalue weighted by molar-refractivity contribution is 7.99. The van der Waals surface area contributed by atoms with Crippen LogP contribution in [0.1, 0.15) is 27.2 Å². The van der Waals surface area contributed by atoms with E-state index in [1.165, 1.54) is 4.90 Å². The van der Waals surface area contributed by atoms with Gasteiger partial charge in [0.15, 0.2) is 0 Å². The zero-order chi connectivity index (χ0) is 11.4. The molecule has 0 radical (unpaired) electrons. The third-order valence-corrected chi connectivity index (χ3v) is 3.26. The summed E-state index contributed by atoms with van der Waals surface area (Å²) in [5.41, 5.74) is 0. The Hall–Kier alpha value is -0.710. The lowest BCUT2D eigenvalue weighted by molar-refractivity contribution is -0.128. The summed E-state index contributed by atoms with van der Waals surface area (Å²) in [5, 5.41) is 2.72. The molecule has 1 N–H and O–H groups in total. The van der Waals surface area contributed by atoms with Crippen molar-refractivity contribution < 1.29 is 9.59 Å². The van der Waals surface area contributed by atoms with E-state index >= 15 is 0 Å². The average Bonchev–Trinajstić information content (AvgIpc) is 2.42. The fourth-order valence-corrected chi connectivity index (χ4v) is 2.27. The van der Waals surface area contributed by atoms with E-state index in [2.05, 4.69) is 12.2 Å². The molecule has 1 rings (SSSR count). The largest absolute Gasteiger partial charge is 0.326 e. The molecule has 86 valence electrons. The molecule has 0 aromatic heterocycles. The number of carbonyl (C=O) groups is 2. The molecule has 0 saturated carbocycles. The molecule has 0 aromatic carbocycles. The Morgan fingerprint density at radius 1 is 1.47 bits per heavy atom. The molecule has 0 bridgehead atoms. The molecular formula is C10H18N2O2S. The van der Waals surface area contributed by atoms with Crippen LogP contribution in [0.15, 0.2) is 0 Å². The third kappa shape index (κ3) is 2.87. The Labute approximate surface area is 94.8 Å². The van der Waals surface area contributed by atoms with Crippen LogP contribution in [0.25, 0.3) is 0 Å². The molecule has 0 spiro atoms. The van der Waals surface area contributed by atoms with E-state index in [4.69, 9.17) is 0 Å². The molecule has 1 fully saturated rings. The Balaban J connectivity index is 2.50. The predicted molar refractivity (Wildman–Crippen MR) is 61.9 cm³/mol. The highest BCUT2D eigenvalue weighted by Crippen LogP contribution is 2.14. The molecular weight excluding hydrogens is 212 g/mol. The van der Waals surface area contributed by atoms with Crippen molar-refractivity contribution in [3.63, 3.8) is 0 Å². The first-order valence-corrected chi connectivity index (χ1v) is 6.44. The summed E-state index contributed by atoms with van der Waals surface area (Å²) in [5.74, 6) is 1.88. The van der Waals surface area contributed by atoms with Gasteiger partial charge in [-0.3, -0.25) is 9.69 Å². The quantitative estimate of drug-likeness (QED) is 0.574. The lowest BCUT2D eigenvalue weighted by atomic mass is 10.2. The summed E-state index contributed by atoms with van der Waals surface area (Å²) < 4.78 is 0. The van der Waals surface area contributed by atoms with Crippen LogP contribution in [0.5, 0.6) is 0 Å². The minimum atomic E-state index is -0.307. The van der Waals surface area contributed by atoms with Gasteiger partial charge >= 0.3 is 6.03 Å². The molecule has 15 heavy (non-hydrogen) atoms. The average molecular weight is 230 g/mol. The summed E-state index contributed by atoms with van der Waals surface area (Å²) in [7, 11) is 0. The van der Waals surface area contributed by atoms with Gasteiger partial charge in [0, 0.05) is 6.04 Å². The zero-order valence-electron chi connectivity index (χ0n) is 9.45. The Bertz CT molecular complexity index is 256. The summed E-state index contributed by atoms with van der Waals surface area (Å²) in [6.07, 6.45) is 0.728. The topological polar surface area (TPSA) is 49.4 Å². The second-order valence-corrected chi connectivity index (χ2v) is 5.18. The van der Waals surface area contributed by atoms with Crippen molar-refractivity contribution in [1.29, 1.82) is 0 Å². The van der Waals surface area contributed by atoms with Gasteiger partial charge in [-0.25, -0.2) is 4.79 Å². The van der Waals surface area contributed by atoms with Gasteiger partial charge in [0.05, 0.1) is 0 Å². The van der Waals surface area contributed by atoms with Crippen LogP contribution in [-0.4, -0.2) is 40.4 Å². The fourth-order valence-electron chi connectivity index (χ4n) is 1.58. The fraction of sp³-hybridized carbons (Fsp3) is 0.800. The number of carbonyl (C=O) groups excluding carboxylic acids is 2. The Morgan fingerprint density at radius 3 is 2.60 bits per heavy atom.